The summed E-state index contributed by atoms with van der Waals surface area (Å²) in [7, 11) is 0. The van der Waals surface area contributed by atoms with E-state index in [1.54, 1.807) is 0 Å². The minimum absolute atomic E-state index is 0.274. The Kier molecular flexibility index (Phi) is 13.2. The van der Waals surface area contributed by atoms with Gasteiger partial charge in [-0.2, -0.15) is 0 Å². The molecule has 4 nitrogen and oxygen atoms in total. The van der Waals surface area contributed by atoms with Gasteiger partial charge in [-0.15, -0.1) is 0 Å². The topological polar surface area (TPSA) is 49.4 Å². The minimum Gasteiger partial charge on any atom is -0.380 e. The van der Waals surface area contributed by atoms with Crippen LogP contribution in [0.2, 0.25) is 0 Å². The van der Waals surface area contributed by atoms with Crippen molar-refractivity contribution >= 4 is 5.69 Å². The Morgan fingerprint density at radius 3 is 1.60 bits per heavy atom. The molecule has 0 amide bonds. The minimum atomic E-state index is -0.335. The van der Waals surface area contributed by atoms with Gasteiger partial charge < -0.3 is 10.2 Å². The Hall–Kier alpha value is -1.16. The molecule has 1 aromatic rings. The van der Waals surface area contributed by atoms with Crippen LogP contribution >= 0.6 is 0 Å². The van der Waals surface area contributed by atoms with Gasteiger partial charge >= 0.3 is 0 Å². The van der Waals surface area contributed by atoms with Crippen LogP contribution in [0.3, 0.4) is 0 Å². The van der Waals surface area contributed by atoms with Gasteiger partial charge in [0.05, 0.1) is 5.69 Å². The summed E-state index contributed by atoms with van der Waals surface area (Å²) < 4.78 is 0. The first kappa shape index (κ1) is 26.9. The smallest absolute Gasteiger partial charge is 0.249 e. The maximum Gasteiger partial charge on any atom is 0.249 e. The van der Waals surface area contributed by atoms with Crippen LogP contribution in [0.4, 0.5) is 5.69 Å². The third kappa shape index (κ3) is 9.76. The monoisotopic (exact) mass is 420 g/mol. The van der Waals surface area contributed by atoms with Crippen LogP contribution in [0, 0.1) is 0 Å². The highest BCUT2D eigenvalue weighted by Crippen LogP contribution is 2.25. The van der Waals surface area contributed by atoms with Crippen LogP contribution in [-0.4, -0.2) is 31.1 Å². The molecule has 0 spiro atoms. The van der Waals surface area contributed by atoms with Crippen LogP contribution in [0.1, 0.15) is 117 Å². The van der Waals surface area contributed by atoms with Gasteiger partial charge in [-0.05, 0) is 31.3 Å². The maximum atomic E-state index is 12.0. The average molecular weight is 421 g/mol. The fourth-order valence-corrected chi connectivity index (χ4v) is 4.18. The fourth-order valence-electron chi connectivity index (χ4n) is 4.18. The number of nitrogens with zero attached hydrogens (tertiary/aromatic N) is 1. The zero-order valence-electron chi connectivity index (χ0n) is 20.6. The summed E-state index contributed by atoms with van der Waals surface area (Å²) in [6.45, 7) is 14.5. The Bertz CT molecular complexity index is 622. The van der Waals surface area contributed by atoms with Crippen LogP contribution in [0.5, 0.6) is 0 Å². The Balaban J connectivity index is 2.45. The highest BCUT2D eigenvalue weighted by Gasteiger charge is 2.29. The van der Waals surface area contributed by atoms with Gasteiger partial charge in [-0.3, -0.25) is 9.59 Å². The van der Waals surface area contributed by atoms with E-state index in [4.69, 9.17) is 0 Å². The summed E-state index contributed by atoms with van der Waals surface area (Å²) in [6, 6.07) is 0. The number of nitrogens with one attached hydrogen (secondary N) is 1. The van der Waals surface area contributed by atoms with Crippen molar-refractivity contribution in [2.24, 2.45) is 0 Å². The van der Waals surface area contributed by atoms with Gasteiger partial charge in [-0.1, -0.05) is 98.8 Å². The van der Waals surface area contributed by atoms with Crippen molar-refractivity contribution in [3.05, 3.63) is 26.0 Å². The Morgan fingerprint density at radius 1 is 0.667 bits per heavy atom. The molecule has 0 atom stereocenters. The molecule has 0 saturated heterocycles. The van der Waals surface area contributed by atoms with Crippen molar-refractivity contribution in [2.45, 2.75) is 117 Å². The predicted octanol–water partition coefficient (Wildman–Crippen LogP) is 6.02. The largest absolute Gasteiger partial charge is 0.380 e. The fraction of sp³-hybridized carbons (Fsp3) is 0.846. The zero-order valence-corrected chi connectivity index (χ0v) is 20.6. The number of hydrogen-bond donors (Lipinski definition) is 1. The van der Waals surface area contributed by atoms with Crippen molar-refractivity contribution in [2.75, 3.05) is 31.5 Å². The molecule has 0 aliphatic rings. The predicted molar refractivity (Wildman–Crippen MR) is 132 cm³/mol. The lowest BCUT2D eigenvalue weighted by Gasteiger charge is -2.26. The Labute approximate surface area is 185 Å². The van der Waals surface area contributed by atoms with E-state index in [1.807, 2.05) is 20.8 Å². The molecule has 1 N–H and O–H groups in total. The molecule has 1 aromatic carbocycles. The van der Waals surface area contributed by atoms with Crippen LogP contribution < -0.4 is 16.2 Å². The molecule has 0 aromatic heterocycles. The molecule has 174 valence electrons. The molecular formula is C26H48N2O2. The third-order valence-electron chi connectivity index (χ3n) is 6.05. The second kappa shape index (κ2) is 14.8. The first-order valence-electron chi connectivity index (χ1n) is 12.6. The second-order valence-electron chi connectivity index (χ2n) is 9.96. The molecule has 0 fully saturated rings. The lowest BCUT2D eigenvalue weighted by Crippen LogP contribution is -2.44. The van der Waals surface area contributed by atoms with E-state index >= 15 is 0 Å². The van der Waals surface area contributed by atoms with Crippen molar-refractivity contribution in [3.8, 4) is 0 Å². The van der Waals surface area contributed by atoms with E-state index in [1.165, 1.54) is 77.0 Å². The van der Waals surface area contributed by atoms with Crippen molar-refractivity contribution in [3.63, 3.8) is 0 Å². The zero-order chi connectivity index (χ0) is 22.4. The van der Waals surface area contributed by atoms with E-state index in [9.17, 15) is 9.59 Å². The van der Waals surface area contributed by atoms with Crippen LogP contribution in [-0.2, 0) is 5.41 Å². The highest BCUT2D eigenvalue weighted by molar-refractivity contribution is 5.59. The summed E-state index contributed by atoms with van der Waals surface area (Å²) in [5.41, 5.74) is 0.320. The van der Waals surface area contributed by atoms with Gasteiger partial charge in [-0.25, -0.2) is 0 Å². The number of anilines is 1. The lowest BCUT2D eigenvalue weighted by molar-refractivity contribution is 0.269. The first-order valence-corrected chi connectivity index (χ1v) is 12.6. The van der Waals surface area contributed by atoms with E-state index in [2.05, 4.69) is 24.1 Å². The van der Waals surface area contributed by atoms with Crippen LogP contribution in [0.25, 0.3) is 0 Å². The number of hydrogen-bond acceptors (Lipinski definition) is 4. The maximum absolute atomic E-state index is 12.0. The molecule has 0 bridgehead atoms. The summed E-state index contributed by atoms with van der Waals surface area (Å²) in [4.78, 5) is 26.5. The van der Waals surface area contributed by atoms with E-state index < -0.39 is 0 Å². The first-order chi connectivity index (χ1) is 14.3. The van der Waals surface area contributed by atoms with E-state index in [-0.39, 0.29) is 16.3 Å². The number of unbranched alkanes of at least 4 members (excludes halogenated alkanes) is 10. The second-order valence-corrected chi connectivity index (χ2v) is 9.96. The molecule has 30 heavy (non-hydrogen) atoms. The van der Waals surface area contributed by atoms with Crippen LogP contribution in [0.15, 0.2) is 9.59 Å². The van der Waals surface area contributed by atoms with E-state index in [0.717, 1.165) is 26.2 Å². The molecular weight excluding hydrogens is 372 g/mol. The van der Waals surface area contributed by atoms with Gasteiger partial charge in [0, 0.05) is 18.7 Å². The molecule has 4 heteroatoms. The van der Waals surface area contributed by atoms with Crippen molar-refractivity contribution < 1.29 is 0 Å². The molecule has 0 aliphatic carbocycles. The number of rotatable bonds is 18. The summed E-state index contributed by atoms with van der Waals surface area (Å²) in [5, 5.41) is 3.29. The average Bonchev–Trinajstić information content (AvgIpc) is 2.70. The standard InChI is InChI=1S/C26H48N2O2/c1-6-8-10-12-14-16-19-28(20-17-15-13-11-9-7-2)21-18-27-23-22(26(3,4)5)24(29)25(23)30/h27H,6-21H2,1-5H3. The van der Waals surface area contributed by atoms with Crippen molar-refractivity contribution in [1.82, 2.24) is 4.90 Å². The SMILES string of the molecule is CCCCCCCCN(CCCCCCCC)CCNc1c(C(C)(C)C)c(=O)c1=O. The summed E-state index contributed by atoms with van der Waals surface area (Å²) >= 11 is 0. The molecule has 0 heterocycles. The molecule has 1 rings (SSSR count). The molecule has 0 unspecified atom stereocenters. The lowest BCUT2D eigenvalue weighted by atomic mass is 9.82. The summed E-state index contributed by atoms with van der Waals surface area (Å²) in [6.07, 6.45) is 15.8. The highest BCUT2D eigenvalue weighted by atomic mass is 16.2. The molecule has 0 radical (unpaired) electrons. The van der Waals surface area contributed by atoms with E-state index in [0.29, 0.717) is 11.3 Å². The van der Waals surface area contributed by atoms with Gasteiger partial charge in [0.1, 0.15) is 0 Å². The van der Waals surface area contributed by atoms with Gasteiger partial charge in [0.15, 0.2) is 0 Å². The molecule has 0 aliphatic heterocycles. The normalized spacial score (nSPS) is 12.2. The third-order valence-corrected chi connectivity index (χ3v) is 6.05. The molecule has 0 saturated carbocycles. The summed E-state index contributed by atoms with van der Waals surface area (Å²) in [5.74, 6) is 0. The van der Waals surface area contributed by atoms with Gasteiger partial charge in [0.25, 0.3) is 0 Å². The van der Waals surface area contributed by atoms with Gasteiger partial charge in [0.2, 0.25) is 10.9 Å². The Morgan fingerprint density at radius 2 is 1.13 bits per heavy atom. The van der Waals surface area contributed by atoms with Crippen molar-refractivity contribution in [1.29, 1.82) is 0 Å². The quantitative estimate of drug-likeness (QED) is 0.233.